The Morgan fingerprint density at radius 2 is 1.96 bits per heavy atom. The molecule has 3 N–H and O–H groups in total. The minimum atomic E-state index is -4.53. The number of hydrogen-bond donors (Lipinski definition) is 3. The highest BCUT2D eigenvalue weighted by Crippen LogP contribution is 2.34. The van der Waals surface area contributed by atoms with Crippen molar-refractivity contribution < 1.29 is 18.0 Å². The first kappa shape index (κ1) is 17.5. The van der Waals surface area contributed by atoms with Crippen LogP contribution in [0.5, 0.6) is 0 Å². The quantitative estimate of drug-likeness (QED) is 0.781. The Morgan fingerprint density at radius 3 is 2.54 bits per heavy atom. The van der Waals surface area contributed by atoms with E-state index in [9.17, 15) is 22.8 Å². The second-order valence-corrected chi connectivity index (χ2v) is 4.95. The van der Waals surface area contributed by atoms with Gasteiger partial charge in [0, 0.05) is 12.6 Å². The Labute approximate surface area is 135 Å². The topological polar surface area (TPSA) is 86.9 Å². The van der Waals surface area contributed by atoms with Gasteiger partial charge in [-0.2, -0.15) is 18.3 Å². The SMILES string of the molecule is CCCNc1ccc(C(F)(F)F)cc1NC(=O)c1ccc(=O)[nH]n1. The summed E-state index contributed by atoms with van der Waals surface area (Å²) in [6, 6.07) is 5.33. The average molecular weight is 340 g/mol. The highest BCUT2D eigenvalue weighted by atomic mass is 19.4. The van der Waals surface area contributed by atoms with Crippen LogP contribution in [-0.4, -0.2) is 22.6 Å². The van der Waals surface area contributed by atoms with Gasteiger partial charge in [-0.05, 0) is 30.7 Å². The van der Waals surface area contributed by atoms with Crippen molar-refractivity contribution in [3.8, 4) is 0 Å². The van der Waals surface area contributed by atoms with Crippen LogP contribution in [0.4, 0.5) is 24.5 Å². The molecule has 0 bridgehead atoms. The van der Waals surface area contributed by atoms with Gasteiger partial charge in [0.05, 0.1) is 16.9 Å². The number of aromatic amines is 1. The van der Waals surface area contributed by atoms with Crippen molar-refractivity contribution in [2.45, 2.75) is 19.5 Å². The molecular weight excluding hydrogens is 325 g/mol. The lowest BCUT2D eigenvalue weighted by atomic mass is 10.1. The van der Waals surface area contributed by atoms with Crippen LogP contribution in [0.2, 0.25) is 0 Å². The Bertz CT molecular complexity index is 767. The van der Waals surface area contributed by atoms with Crippen molar-refractivity contribution in [1.82, 2.24) is 10.2 Å². The summed E-state index contributed by atoms with van der Waals surface area (Å²) in [5.41, 5.74) is -1.14. The van der Waals surface area contributed by atoms with Gasteiger partial charge in [0.1, 0.15) is 5.69 Å². The largest absolute Gasteiger partial charge is 0.416 e. The normalized spacial score (nSPS) is 11.2. The molecule has 9 heteroatoms. The average Bonchev–Trinajstić information content (AvgIpc) is 2.53. The number of carbonyl (C=O) groups is 1. The number of hydrogen-bond acceptors (Lipinski definition) is 4. The number of nitrogens with one attached hydrogen (secondary N) is 3. The van der Waals surface area contributed by atoms with Gasteiger partial charge in [-0.1, -0.05) is 6.92 Å². The van der Waals surface area contributed by atoms with Crippen LogP contribution in [0.1, 0.15) is 29.4 Å². The number of carbonyl (C=O) groups excluding carboxylic acids is 1. The number of H-pyrrole nitrogens is 1. The van der Waals surface area contributed by atoms with Crippen LogP contribution in [0.15, 0.2) is 35.1 Å². The number of rotatable bonds is 5. The van der Waals surface area contributed by atoms with E-state index in [1.807, 2.05) is 6.92 Å². The van der Waals surface area contributed by atoms with Crippen LogP contribution in [0, 0.1) is 0 Å². The van der Waals surface area contributed by atoms with Crippen molar-refractivity contribution in [1.29, 1.82) is 0 Å². The van der Waals surface area contributed by atoms with E-state index in [0.717, 1.165) is 24.6 Å². The van der Waals surface area contributed by atoms with Crippen LogP contribution < -0.4 is 16.2 Å². The minimum absolute atomic E-state index is 0.0173. The molecule has 1 aromatic heterocycles. The zero-order chi connectivity index (χ0) is 17.7. The number of amides is 1. The van der Waals surface area contributed by atoms with Gasteiger partial charge < -0.3 is 10.6 Å². The van der Waals surface area contributed by atoms with Crippen LogP contribution in [0.3, 0.4) is 0 Å². The fourth-order valence-corrected chi connectivity index (χ4v) is 1.90. The number of aromatic nitrogens is 2. The molecule has 0 fully saturated rings. The minimum Gasteiger partial charge on any atom is -0.383 e. The highest BCUT2D eigenvalue weighted by Gasteiger charge is 2.31. The Balaban J connectivity index is 2.32. The zero-order valence-electron chi connectivity index (χ0n) is 12.7. The molecule has 0 unspecified atom stereocenters. The molecule has 2 aromatic rings. The lowest BCUT2D eigenvalue weighted by Gasteiger charge is -2.15. The van der Waals surface area contributed by atoms with Crippen molar-refractivity contribution in [3.63, 3.8) is 0 Å². The molecule has 0 aliphatic heterocycles. The van der Waals surface area contributed by atoms with Gasteiger partial charge >= 0.3 is 6.18 Å². The van der Waals surface area contributed by atoms with E-state index < -0.39 is 23.2 Å². The standard InChI is InChI=1S/C15H15F3N4O2/c1-2-7-19-10-4-3-9(15(16,17)18)8-12(10)20-14(24)11-5-6-13(23)22-21-11/h3-6,8,19H,2,7H2,1H3,(H,20,24)(H,22,23). The van der Waals surface area contributed by atoms with Gasteiger partial charge in [-0.15, -0.1) is 0 Å². The Kier molecular flexibility index (Phi) is 5.22. The predicted molar refractivity (Wildman–Crippen MR) is 83.0 cm³/mol. The number of halogens is 3. The molecule has 0 spiro atoms. The van der Waals surface area contributed by atoms with Crippen molar-refractivity contribution in [2.24, 2.45) is 0 Å². The monoisotopic (exact) mass is 340 g/mol. The third-order valence-corrected chi connectivity index (χ3v) is 3.07. The molecule has 24 heavy (non-hydrogen) atoms. The predicted octanol–water partition coefficient (Wildman–Crippen LogP) is 2.86. The molecule has 6 nitrogen and oxygen atoms in total. The summed E-state index contributed by atoms with van der Waals surface area (Å²) in [7, 11) is 0. The maximum atomic E-state index is 12.9. The molecule has 0 aliphatic carbocycles. The lowest BCUT2D eigenvalue weighted by Crippen LogP contribution is -2.19. The van der Waals surface area contributed by atoms with E-state index in [1.54, 1.807) is 0 Å². The molecule has 0 saturated carbocycles. The van der Waals surface area contributed by atoms with E-state index in [0.29, 0.717) is 12.2 Å². The molecule has 0 saturated heterocycles. The first-order valence-electron chi connectivity index (χ1n) is 7.13. The second-order valence-electron chi connectivity index (χ2n) is 4.95. The molecule has 128 valence electrons. The molecule has 0 radical (unpaired) electrons. The molecule has 1 heterocycles. The second kappa shape index (κ2) is 7.16. The fraction of sp³-hybridized carbons (Fsp3) is 0.267. The number of anilines is 2. The van der Waals surface area contributed by atoms with Gasteiger partial charge in [0.2, 0.25) is 0 Å². The van der Waals surface area contributed by atoms with Crippen molar-refractivity contribution in [2.75, 3.05) is 17.2 Å². The zero-order valence-corrected chi connectivity index (χ0v) is 12.7. The summed E-state index contributed by atoms with van der Waals surface area (Å²) in [4.78, 5) is 23.1. The molecule has 1 amide bonds. The highest BCUT2D eigenvalue weighted by molar-refractivity contribution is 6.04. The van der Waals surface area contributed by atoms with Crippen molar-refractivity contribution in [3.05, 3.63) is 51.9 Å². The third-order valence-electron chi connectivity index (χ3n) is 3.07. The first-order valence-corrected chi connectivity index (χ1v) is 7.13. The first-order chi connectivity index (χ1) is 11.3. The van der Waals surface area contributed by atoms with Crippen LogP contribution >= 0.6 is 0 Å². The van der Waals surface area contributed by atoms with Gasteiger partial charge in [-0.25, -0.2) is 5.10 Å². The summed E-state index contributed by atoms with van der Waals surface area (Å²) in [6.45, 7) is 2.44. The number of benzene rings is 1. The molecule has 0 aliphatic rings. The summed E-state index contributed by atoms with van der Waals surface area (Å²) in [6.07, 6.45) is -3.77. The fourth-order valence-electron chi connectivity index (χ4n) is 1.90. The van der Waals surface area contributed by atoms with Crippen LogP contribution in [-0.2, 0) is 6.18 Å². The van der Waals surface area contributed by atoms with Gasteiger partial charge in [0.15, 0.2) is 0 Å². The summed E-state index contributed by atoms with van der Waals surface area (Å²) in [5, 5.41) is 11.0. The van der Waals surface area contributed by atoms with Gasteiger partial charge in [-0.3, -0.25) is 9.59 Å². The van der Waals surface area contributed by atoms with E-state index in [1.165, 1.54) is 12.1 Å². The number of alkyl halides is 3. The molecule has 0 atom stereocenters. The maximum absolute atomic E-state index is 12.9. The molecule has 1 aromatic carbocycles. The Hall–Kier alpha value is -2.84. The molecular formula is C15H15F3N4O2. The lowest BCUT2D eigenvalue weighted by molar-refractivity contribution is -0.137. The van der Waals surface area contributed by atoms with Gasteiger partial charge in [0.25, 0.3) is 11.5 Å². The maximum Gasteiger partial charge on any atom is 0.416 e. The summed E-state index contributed by atoms with van der Waals surface area (Å²) in [5.74, 6) is -0.731. The van der Waals surface area contributed by atoms with E-state index in [4.69, 9.17) is 0 Å². The molecule has 2 rings (SSSR count). The summed E-state index contributed by atoms with van der Waals surface area (Å²) >= 11 is 0. The Morgan fingerprint density at radius 1 is 1.21 bits per heavy atom. The van der Waals surface area contributed by atoms with Crippen LogP contribution in [0.25, 0.3) is 0 Å². The van der Waals surface area contributed by atoms with E-state index in [-0.39, 0.29) is 11.4 Å². The van der Waals surface area contributed by atoms with Crippen molar-refractivity contribution >= 4 is 17.3 Å². The summed E-state index contributed by atoms with van der Waals surface area (Å²) < 4.78 is 38.6. The van der Waals surface area contributed by atoms with E-state index >= 15 is 0 Å². The smallest absolute Gasteiger partial charge is 0.383 e. The van der Waals surface area contributed by atoms with E-state index in [2.05, 4.69) is 20.8 Å². The third kappa shape index (κ3) is 4.34. The number of nitrogens with zero attached hydrogens (tertiary/aromatic N) is 1.